The third-order valence-electron chi connectivity index (χ3n) is 3.30. The van der Waals surface area contributed by atoms with Crippen molar-refractivity contribution in [2.75, 3.05) is 5.32 Å². The number of anilines is 1. The molecule has 1 aromatic heterocycles. The molecule has 0 aliphatic rings. The topological polar surface area (TPSA) is 114 Å². The minimum absolute atomic E-state index is 0.0296. The Kier molecular flexibility index (Phi) is 4.97. The zero-order valence-electron chi connectivity index (χ0n) is 12.8. The largest absolute Gasteiger partial charge is 0.331 e. The van der Waals surface area contributed by atoms with Crippen LogP contribution in [0.4, 0.5) is 10.6 Å². The van der Waals surface area contributed by atoms with Crippen molar-refractivity contribution in [2.24, 2.45) is 5.14 Å². The van der Waals surface area contributed by atoms with E-state index in [1.165, 1.54) is 12.1 Å². The minimum atomic E-state index is -3.72. The molecule has 0 spiro atoms. The molecule has 2 amide bonds. The van der Waals surface area contributed by atoms with Crippen molar-refractivity contribution >= 4 is 21.9 Å². The van der Waals surface area contributed by atoms with Gasteiger partial charge in [0.2, 0.25) is 10.0 Å². The molecule has 8 heteroatoms. The second-order valence-electron chi connectivity index (χ2n) is 5.10. The maximum atomic E-state index is 12.0. The highest BCUT2D eigenvalue weighted by Gasteiger charge is 2.13. The molecule has 1 aromatic carbocycles. The van der Waals surface area contributed by atoms with Crippen LogP contribution in [0.25, 0.3) is 0 Å². The van der Waals surface area contributed by atoms with Crippen molar-refractivity contribution in [3.05, 3.63) is 53.7 Å². The fourth-order valence-corrected chi connectivity index (χ4v) is 2.50. The lowest BCUT2D eigenvalue weighted by Crippen LogP contribution is -2.31. The highest BCUT2D eigenvalue weighted by molar-refractivity contribution is 7.89. The van der Waals surface area contributed by atoms with Crippen LogP contribution in [0.1, 0.15) is 24.1 Å². The molecule has 0 aliphatic heterocycles. The van der Waals surface area contributed by atoms with E-state index >= 15 is 0 Å². The molecule has 0 aliphatic carbocycles. The number of amides is 2. The lowest BCUT2D eigenvalue weighted by molar-refractivity contribution is 0.249. The van der Waals surface area contributed by atoms with E-state index in [1.807, 2.05) is 13.0 Å². The van der Waals surface area contributed by atoms with Crippen LogP contribution in [0, 0.1) is 6.92 Å². The van der Waals surface area contributed by atoms with Crippen molar-refractivity contribution in [2.45, 2.75) is 24.8 Å². The Hall–Kier alpha value is -2.45. The van der Waals surface area contributed by atoms with Crippen LogP contribution < -0.4 is 15.8 Å². The summed E-state index contributed by atoms with van der Waals surface area (Å²) in [7, 11) is -3.72. The predicted molar refractivity (Wildman–Crippen MR) is 87.4 cm³/mol. The molecule has 4 N–H and O–H groups in total. The molecule has 0 radical (unpaired) electrons. The molecule has 0 fully saturated rings. The molecule has 7 nitrogen and oxygen atoms in total. The van der Waals surface area contributed by atoms with Gasteiger partial charge in [-0.3, -0.25) is 5.32 Å². The van der Waals surface area contributed by atoms with Crippen LogP contribution >= 0.6 is 0 Å². The summed E-state index contributed by atoms with van der Waals surface area (Å²) in [6.45, 7) is 3.63. The summed E-state index contributed by atoms with van der Waals surface area (Å²) in [6.07, 6.45) is 1.60. The Balaban J connectivity index is 2.02. The van der Waals surface area contributed by atoms with Gasteiger partial charge in [0.1, 0.15) is 5.82 Å². The van der Waals surface area contributed by atoms with Crippen molar-refractivity contribution in [1.29, 1.82) is 0 Å². The second-order valence-corrected chi connectivity index (χ2v) is 6.66. The Labute approximate surface area is 135 Å². The number of hydrogen-bond donors (Lipinski definition) is 3. The summed E-state index contributed by atoms with van der Waals surface area (Å²) in [5.41, 5.74) is 1.61. The number of aromatic nitrogens is 1. The van der Waals surface area contributed by atoms with Gasteiger partial charge >= 0.3 is 6.03 Å². The number of primary sulfonamides is 1. The molecule has 0 bridgehead atoms. The number of aryl methyl sites for hydroxylation is 1. The number of sulfonamides is 1. The lowest BCUT2D eigenvalue weighted by atomic mass is 10.1. The Bertz CT molecular complexity index is 804. The van der Waals surface area contributed by atoms with Crippen molar-refractivity contribution < 1.29 is 13.2 Å². The molecular formula is C15H18N4O3S. The fourth-order valence-electron chi connectivity index (χ4n) is 1.99. The summed E-state index contributed by atoms with van der Waals surface area (Å²) in [4.78, 5) is 16.1. The number of carbonyl (C=O) groups excluding carboxylic acids is 1. The number of hydrogen-bond acceptors (Lipinski definition) is 4. The molecule has 122 valence electrons. The summed E-state index contributed by atoms with van der Waals surface area (Å²) in [5.74, 6) is 0.488. The van der Waals surface area contributed by atoms with Crippen LogP contribution in [0.5, 0.6) is 0 Å². The van der Waals surface area contributed by atoms with Crippen molar-refractivity contribution in [3.63, 3.8) is 0 Å². The summed E-state index contributed by atoms with van der Waals surface area (Å²) in [5, 5.41) is 10.5. The van der Waals surface area contributed by atoms with Crippen LogP contribution in [0.3, 0.4) is 0 Å². The van der Waals surface area contributed by atoms with Gasteiger partial charge in [-0.25, -0.2) is 23.3 Å². The maximum absolute atomic E-state index is 12.0. The van der Waals surface area contributed by atoms with Gasteiger partial charge in [-0.1, -0.05) is 18.2 Å². The third-order valence-corrected chi connectivity index (χ3v) is 4.23. The average molecular weight is 334 g/mol. The van der Waals surface area contributed by atoms with Gasteiger partial charge in [-0.2, -0.15) is 0 Å². The number of nitrogens with zero attached hydrogens (tertiary/aromatic N) is 1. The van der Waals surface area contributed by atoms with E-state index < -0.39 is 16.1 Å². The van der Waals surface area contributed by atoms with Gasteiger partial charge in [0.15, 0.2) is 0 Å². The first-order chi connectivity index (χ1) is 10.8. The highest BCUT2D eigenvalue weighted by atomic mass is 32.2. The fraction of sp³-hybridized carbons (Fsp3) is 0.200. The first-order valence-corrected chi connectivity index (χ1v) is 8.44. The number of nitrogens with two attached hydrogens (primary N) is 1. The van der Waals surface area contributed by atoms with Gasteiger partial charge in [0, 0.05) is 6.20 Å². The number of pyridine rings is 1. The Morgan fingerprint density at radius 1 is 1.22 bits per heavy atom. The Morgan fingerprint density at radius 3 is 2.43 bits per heavy atom. The van der Waals surface area contributed by atoms with Crippen molar-refractivity contribution in [1.82, 2.24) is 10.3 Å². The lowest BCUT2D eigenvalue weighted by Gasteiger charge is -2.15. The molecule has 0 saturated carbocycles. The smallest absolute Gasteiger partial charge is 0.320 e. The van der Waals surface area contributed by atoms with E-state index in [0.717, 1.165) is 11.1 Å². The van der Waals surface area contributed by atoms with E-state index in [2.05, 4.69) is 15.6 Å². The normalized spacial score (nSPS) is 12.5. The summed E-state index contributed by atoms with van der Waals surface area (Å²) < 4.78 is 22.4. The monoisotopic (exact) mass is 334 g/mol. The van der Waals surface area contributed by atoms with E-state index in [4.69, 9.17) is 5.14 Å². The quantitative estimate of drug-likeness (QED) is 0.792. The number of benzene rings is 1. The SMILES string of the molecule is Cc1cccnc1NC(=O)N[C@H](C)c1ccc(S(N)(=O)=O)cc1. The molecule has 23 heavy (non-hydrogen) atoms. The Morgan fingerprint density at radius 2 is 1.87 bits per heavy atom. The molecule has 1 atom stereocenters. The number of urea groups is 1. The summed E-state index contributed by atoms with van der Waals surface area (Å²) >= 11 is 0. The number of nitrogens with one attached hydrogen (secondary N) is 2. The number of carbonyl (C=O) groups is 1. The van der Waals surface area contributed by atoms with Gasteiger partial charge < -0.3 is 5.32 Å². The average Bonchev–Trinajstić information content (AvgIpc) is 2.49. The number of rotatable bonds is 4. The van der Waals surface area contributed by atoms with Crippen LogP contribution in [0.2, 0.25) is 0 Å². The van der Waals surface area contributed by atoms with E-state index in [1.54, 1.807) is 31.3 Å². The zero-order chi connectivity index (χ0) is 17.0. The zero-order valence-corrected chi connectivity index (χ0v) is 13.6. The predicted octanol–water partition coefficient (Wildman–Crippen LogP) is 1.92. The first kappa shape index (κ1) is 16.9. The van der Waals surface area contributed by atoms with Crippen LogP contribution in [-0.2, 0) is 10.0 Å². The van der Waals surface area contributed by atoms with Gasteiger partial charge in [-0.05, 0) is 43.2 Å². The summed E-state index contributed by atoms with van der Waals surface area (Å²) in [6, 6.07) is 8.95. The van der Waals surface area contributed by atoms with Gasteiger partial charge in [0.25, 0.3) is 0 Å². The van der Waals surface area contributed by atoms with Crippen LogP contribution in [-0.4, -0.2) is 19.4 Å². The molecule has 2 rings (SSSR count). The second kappa shape index (κ2) is 6.76. The van der Waals surface area contributed by atoms with E-state index in [9.17, 15) is 13.2 Å². The highest BCUT2D eigenvalue weighted by Crippen LogP contribution is 2.16. The molecule has 0 unspecified atom stereocenters. The van der Waals surface area contributed by atoms with E-state index in [0.29, 0.717) is 5.82 Å². The molecule has 1 heterocycles. The third kappa shape index (κ3) is 4.51. The molecule has 0 saturated heterocycles. The maximum Gasteiger partial charge on any atom is 0.320 e. The van der Waals surface area contributed by atoms with Gasteiger partial charge in [-0.15, -0.1) is 0 Å². The molecular weight excluding hydrogens is 316 g/mol. The van der Waals surface area contributed by atoms with Crippen molar-refractivity contribution in [3.8, 4) is 0 Å². The van der Waals surface area contributed by atoms with Crippen LogP contribution in [0.15, 0.2) is 47.5 Å². The minimum Gasteiger partial charge on any atom is -0.331 e. The van der Waals surface area contributed by atoms with E-state index in [-0.39, 0.29) is 10.9 Å². The first-order valence-electron chi connectivity index (χ1n) is 6.89. The molecule has 2 aromatic rings. The standard InChI is InChI=1S/C15H18N4O3S/c1-10-4-3-9-17-14(10)19-15(20)18-11(2)12-5-7-13(8-6-12)23(16,21)22/h3-9,11H,1-2H3,(H2,16,21,22)(H2,17,18,19,20)/t11-/m1/s1. The van der Waals surface area contributed by atoms with Gasteiger partial charge in [0.05, 0.1) is 10.9 Å².